The zero-order valence-corrected chi connectivity index (χ0v) is 16.8. The van der Waals surface area contributed by atoms with Gasteiger partial charge in [-0.15, -0.1) is 0 Å². The van der Waals surface area contributed by atoms with Crippen molar-refractivity contribution < 1.29 is 21.9 Å². The van der Waals surface area contributed by atoms with E-state index in [1.807, 2.05) is 0 Å². The van der Waals surface area contributed by atoms with E-state index >= 15 is 0 Å². The number of nitrogens with one attached hydrogen (secondary N) is 2. The van der Waals surface area contributed by atoms with Gasteiger partial charge in [0, 0.05) is 30.9 Å². The van der Waals surface area contributed by atoms with Gasteiger partial charge >= 0.3 is 6.01 Å². The number of aromatic nitrogens is 3. The molecule has 0 aliphatic carbocycles. The van der Waals surface area contributed by atoms with Gasteiger partial charge in [0.2, 0.25) is 21.9 Å². The number of ether oxygens (including phenoxy) is 1. The molecule has 1 saturated heterocycles. The molecule has 0 radical (unpaired) electrons. The summed E-state index contributed by atoms with van der Waals surface area (Å²) in [5, 5.41) is 5.96. The molecule has 12 heteroatoms. The molecule has 3 rings (SSSR count). The molecule has 2 N–H and O–H groups in total. The van der Waals surface area contributed by atoms with Crippen molar-refractivity contribution in [3.63, 3.8) is 0 Å². The number of nitrogens with zero attached hydrogens (tertiary/aromatic N) is 4. The molecule has 0 atom stereocenters. The molecule has 29 heavy (non-hydrogen) atoms. The Bertz CT molecular complexity index is 968. The zero-order valence-electron chi connectivity index (χ0n) is 16.0. The molecular weight excluding hydrogens is 406 g/mol. The summed E-state index contributed by atoms with van der Waals surface area (Å²) in [5.41, 5.74) is 0.268. The van der Waals surface area contributed by atoms with Gasteiger partial charge in [0.05, 0.1) is 12.9 Å². The van der Waals surface area contributed by atoms with Crippen LogP contribution in [-0.2, 0) is 10.0 Å². The highest BCUT2D eigenvalue weighted by Crippen LogP contribution is 2.21. The Hall–Kier alpha value is -2.60. The van der Waals surface area contributed by atoms with Gasteiger partial charge in [0.15, 0.2) is 11.6 Å². The van der Waals surface area contributed by atoms with Gasteiger partial charge in [-0.3, -0.25) is 0 Å². The number of piperidine rings is 1. The van der Waals surface area contributed by atoms with Gasteiger partial charge in [-0.1, -0.05) is 0 Å². The van der Waals surface area contributed by atoms with Gasteiger partial charge in [0.1, 0.15) is 0 Å². The lowest BCUT2D eigenvalue weighted by Crippen LogP contribution is -2.42. The highest BCUT2D eigenvalue weighted by Gasteiger charge is 2.25. The highest BCUT2D eigenvalue weighted by molar-refractivity contribution is 7.88. The van der Waals surface area contributed by atoms with Gasteiger partial charge in [0.25, 0.3) is 0 Å². The van der Waals surface area contributed by atoms with Gasteiger partial charge in [-0.05, 0) is 31.9 Å². The second-order valence-corrected chi connectivity index (χ2v) is 8.52. The molecule has 0 amide bonds. The summed E-state index contributed by atoms with van der Waals surface area (Å²) in [6, 6.07) is 3.39. The number of rotatable bonds is 7. The second kappa shape index (κ2) is 8.82. The highest BCUT2D eigenvalue weighted by atomic mass is 32.2. The van der Waals surface area contributed by atoms with Gasteiger partial charge in [-0.25, -0.2) is 21.5 Å². The van der Waals surface area contributed by atoms with E-state index in [4.69, 9.17) is 4.74 Å². The van der Waals surface area contributed by atoms with E-state index in [9.17, 15) is 17.2 Å². The topological polar surface area (TPSA) is 109 Å². The van der Waals surface area contributed by atoms with Crippen LogP contribution < -0.4 is 15.4 Å². The van der Waals surface area contributed by atoms with Crippen LogP contribution in [0.1, 0.15) is 19.8 Å². The number of halogens is 2. The van der Waals surface area contributed by atoms with Crippen molar-refractivity contribution in [2.45, 2.75) is 25.8 Å². The van der Waals surface area contributed by atoms with Crippen molar-refractivity contribution in [2.24, 2.45) is 0 Å². The SMILES string of the molecule is CCOc1nc(Nc2ccc(F)c(F)c2)nc(NC2CCN(S(C)(=O)=O)CC2)n1. The first-order chi connectivity index (χ1) is 13.7. The molecule has 1 aliphatic heterocycles. The fraction of sp³-hybridized carbons (Fsp3) is 0.471. The summed E-state index contributed by atoms with van der Waals surface area (Å²) in [4.78, 5) is 12.6. The van der Waals surface area contributed by atoms with E-state index in [-0.39, 0.29) is 29.6 Å². The van der Waals surface area contributed by atoms with Crippen molar-refractivity contribution in [3.8, 4) is 6.01 Å². The molecule has 2 aromatic rings. The standard InChI is InChI=1S/C17H22F2N6O3S/c1-3-28-17-23-15(20-11-6-8-25(9-7-11)29(2,26)27)22-16(24-17)21-12-4-5-13(18)14(19)10-12/h4-5,10-11H,3,6-9H2,1-2H3,(H2,20,21,22,23,24). The van der Waals surface area contributed by atoms with Crippen molar-refractivity contribution in [1.29, 1.82) is 0 Å². The molecule has 1 aromatic carbocycles. The number of benzene rings is 1. The molecule has 0 spiro atoms. The Morgan fingerprint density at radius 3 is 2.45 bits per heavy atom. The van der Waals surface area contributed by atoms with Crippen LogP contribution >= 0.6 is 0 Å². The van der Waals surface area contributed by atoms with E-state index in [0.717, 1.165) is 12.1 Å². The summed E-state index contributed by atoms with van der Waals surface area (Å²) in [5.74, 6) is -1.61. The lowest BCUT2D eigenvalue weighted by molar-refractivity contribution is 0.311. The van der Waals surface area contributed by atoms with Crippen LogP contribution in [0.4, 0.5) is 26.4 Å². The van der Waals surface area contributed by atoms with E-state index in [0.29, 0.717) is 32.5 Å². The first-order valence-corrected chi connectivity index (χ1v) is 10.9. The monoisotopic (exact) mass is 428 g/mol. The normalized spacial score (nSPS) is 15.9. The molecule has 9 nitrogen and oxygen atoms in total. The summed E-state index contributed by atoms with van der Waals surface area (Å²) in [6.07, 6.45) is 2.38. The second-order valence-electron chi connectivity index (χ2n) is 6.53. The summed E-state index contributed by atoms with van der Waals surface area (Å²) >= 11 is 0. The molecule has 2 heterocycles. The summed E-state index contributed by atoms with van der Waals surface area (Å²) < 4.78 is 56.6. The Morgan fingerprint density at radius 1 is 1.14 bits per heavy atom. The van der Waals surface area contributed by atoms with E-state index in [1.54, 1.807) is 6.92 Å². The maximum absolute atomic E-state index is 13.4. The van der Waals surface area contributed by atoms with Crippen LogP contribution in [0.5, 0.6) is 6.01 Å². The fourth-order valence-corrected chi connectivity index (χ4v) is 3.76. The summed E-state index contributed by atoms with van der Waals surface area (Å²) in [7, 11) is -3.21. The minimum Gasteiger partial charge on any atom is -0.464 e. The maximum Gasteiger partial charge on any atom is 0.323 e. The van der Waals surface area contributed by atoms with Crippen LogP contribution in [0.3, 0.4) is 0 Å². The molecule has 1 aliphatic rings. The number of hydrogen-bond donors (Lipinski definition) is 2. The molecule has 158 valence electrons. The molecule has 1 aromatic heterocycles. The van der Waals surface area contributed by atoms with E-state index in [2.05, 4.69) is 25.6 Å². The average molecular weight is 428 g/mol. The van der Waals surface area contributed by atoms with Crippen LogP contribution in [0.25, 0.3) is 0 Å². The third kappa shape index (κ3) is 5.70. The predicted octanol–water partition coefficient (Wildman–Crippen LogP) is 2.13. The van der Waals surface area contributed by atoms with Crippen molar-refractivity contribution >= 4 is 27.6 Å². The number of hydrogen-bond acceptors (Lipinski definition) is 8. The zero-order chi connectivity index (χ0) is 21.0. The summed E-state index contributed by atoms with van der Waals surface area (Å²) in [6.45, 7) is 2.92. The van der Waals surface area contributed by atoms with Gasteiger partial charge in [-0.2, -0.15) is 15.0 Å². The van der Waals surface area contributed by atoms with Crippen LogP contribution in [0, 0.1) is 11.6 Å². The quantitative estimate of drug-likeness (QED) is 0.690. The molecule has 0 bridgehead atoms. The first kappa shape index (κ1) is 21.1. The smallest absolute Gasteiger partial charge is 0.323 e. The van der Waals surface area contributed by atoms with E-state index < -0.39 is 21.7 Å². The number of anilines is 3. The van der Waals surface area contributed by atoms with E-state index in [1.165, 1.54) is 16.6 Å². The average Bonchev–Trinajstić information content (AvgIpc) is 2.65. The lowest BCUT2D eigenvalue weighted by atomic mass is 10.1. The van der Waals surface area contributed by atoms with Crippen LogP contribution in [0.2, 0.25) is 0 Å². The van der Waals surface area contributed by atoms with Crippen molar-refractivity contribution in [2.75, 3.05) is 36.6 Å². The third-order valence-corrected chi connectivity index (χ3v) is 5.62. The first-order valence-electron chi connectivity index (χ1n) is 9.07. The van der Waals surface area contributed by atoms with Crippen molar-refractivity contribution in [1.82, 2.24) is 19.3 Å². The third-order valence-electron chi connectivity index (χ3n) is 4.32. The largest absolute Gasteiger partial charge is 0.464 e. The Morgan fingerprint density at radius 2 is 1.83 bits per heavy atom. The molecular formula is C17H22F2N6O3S. The van der Waals surface area contributed by atoms with Crippen molar-refractivity contribution in [3.05, 3.63) is 29.8 Å². The molecule has 1 fully saturated rings. The number of sulfonamides is 1. The van der Waals surface area contributed by atoms with Crippen LogP contribution in [-0.4, -0.2) is 59.7 Å². The Kier molecular flexibility index (Phi) is 6.42. The fourth-order valence-electron chi connectivity index (χ4n) is 2.89. The lowest BCUT2D eigenvalue weighted by Gasteiger charge is -2.30. The minimum atomic E-state index is -3.21. The molecule has 0 unspecified atom stereocenters. The Labute approximate surface area is 167 Å². The van der Waals surface area contributed by atoms with Crippen LogP contribution in [0.15, 0.2) is 18.2 Å². The van der Waals surface area contributed by atoms with Gasteiger partial charge < -0.3 is 15.4 Å². The maximum atomic E-state index is 13.4. The Balaban J connectivity index is 1.74. The predicted molar refractivity (Wildman–Crippen MR) is 104 cm³/mol. The molecule has 0 saturated carbocycles. The minimum absolute atomic E-state index is 0.0269.